The first kappa shape index (κ1) is 23.6. The normalized spacial score (nSPS) is 15.1. The lowest BCUT2D eigenvalue weighted by molar-refractivity contribution is -0.914. The lowest BCUT2D eigenvalue weighted by atomic mass is 9.91. The largest absolute Gasteiger partial charge is 0.496 e. The molecule has 6 nitrogen and oxygen atoms in total. The first-order chi connectivity index (χ1) is 16.8. The van der Waals surface area contributed by atoms with Gasteiger partial charge in [-0.1, -0.05) is 62.7 Å². The van der Waals surface area contributed by atoms with Gasteiger partial charge in [0.1, 0.15) is 18.1 Å². The molecule has 5 rings (SSSR count). The van der Waals surface area contributed by atoms with E-state index in [0.29, 0.717) is 0 Å². The van der Waals surface area contributed by atoms with Crippen LogP contribution in [0.15, 0.2) is 60.8 Å². The maximum atomic E-state index is 6.26. The second-order valence-corrected chi connectivity index (χ2v) is 10.7. The molecule has 35 heavy (non-hydrogen) atoms. The molecule has 0 amide bonds. The van der Waals surface area contributed by atoms with Gasteiger partial charge in [-0.2, -0.15) is 9.61 Å². The summed E-state index contributed by atoms with van der Waals surface area (Å²) in [5, 5.41) is 5.54. The van der Waals surface area contributed by atoms with E-state index < -0.39 is 0 Å². The van der Waals surface area contributed by atoms with Crippen LogP contribution in [-0.2, 0) is 12.0 Å². The van der Waals surface area contributed by atoms with Gasteiger partial charge in [-0.3, -0.25) is 0 Å². The molecular weight excluding hydrogens is 458 g/mol. The van der Waals surface area contributed by atoms with E-state index in [-0.39, 0.29) is 5.41 Å². The van der Waals surface area contributed by atoms with Crippen molar-refractivity contribution in [3.8, 4) is 16.9 Å². The predicted molar refractivity (Wildman–Crippen MR) is 142 cm³/mol. The van der Waals surface area contributed by atoms with E-state index in [1.165, 1.54) is 4.90 Å². The van der Waals surface area contributed by atoms with E-state index >= 15 is 0 Å². The molecule has 1 saturated heterocycles. The molecule has 182 valence electrons. The predicted octanol–water partition coefficient (Wildman–Crippen LogP) is 4.26. The number of aromatic nitrogens is 3. The summed E-state index contributed by atoms with van der Waals surface area (Å²) in [4.78, 5) is 9.05. The summed E-state index contributed by atoms with van der Waals surface area (Å²) >= 11 is 6.26. The Kier molecular flexibility index (Phi) is 6.43. The van der Waals surface area contributed by atoms with Gasteiger partial charge in [-0.05, 0) is 23.8 Å². The lowest BCUT2D eigenvalue weighted by Crippen LogP contribution is -3.13. The molecule has 4 aromatic rings. The second-order valence-electron chi connectivity index (χ2n) is 10.3. The Bertz CT molecular complexity index is 1320. The van der Waals surface area contributed by atoms with Crippen molar-refractivity contribution in [2.45, 2.75) is 32.7 Å². The van der Waals surface area contributed by atoms with Gasteiger partial charge in [0.05, 0.1) is 45.2 Å². The summed E-state index contributed by atoms with van der Waals surface area (Å²) in [6, 6.07) is 18.5. The van der Waals surface area contributed by atoms with Crippen LogP contribution in [0.25, 0.3) is 16.8 Å². The van der Waals surface area contributed by atoms with Gasteiger partial charge < -0.3 is 14.5 Å². The summed E-state index contributed by atoms with van der Waals surface area (Å²) in [5.41, 5.74) is 5.29. The number of rotatable bonds is 5. The Morgan fingerprint density at radius 1 is 1.03 bits per heavy atom. The Hall–Kier alpha value is -3.09. The zero-order chi connectivity index (χ0) is 24.6. The first-order valence-electron chi connectivity index (χ1n) is 12.2. The molecule has 2 aromatic carbocycles. The number of hydrogen-bond donors (Lipinski definition) is 1. The number of nitrogens with zero attached hydrogens (tertiary/aromatic N) is 4. The van der Waals surface area contributed by atoms with Crippen LogP contribution in [0.1, 0.15) is 32.0 Å². The highest BCUT2D eigenvalue weighted by atomic mass is 35.5. The molecule has 3 heterocycles. The van der Waals surface area contributed by atoms with Gasteiger partial charge in [0.25, 0.3) is 0 Å². The quantitative estimate of drug-likeness (QED) is 0.454. The first-order valence-corrected chi connectivity index (χ1v) is 12.6. The molecule has 1 N–H and O–H groups in total. The van der Waals surface area contributed by atoms with Crippen LogP contribution in [-0.4, -0.2) is 47.9 Å². The maximum Gasteiger partial charge on any atom is 0.165 e. The zero-order valence-electron chi connectivity index (χ0n) is 20.9. The number of nitrogens with one attached hydrogen (secondary N) is 1. The molecule has 0 aliphatic carbocycles. The Morgan fingerprint density at radius 3 is 2.46 bits per heavy atom. The summed E-state index contributed by atoms with van der Waals surface area (Å²) in [7, 11) is 1.72. The number of halogens is 1. The summed E-state index contributed by atoms with van der Waals surface area (Å²) < 4.78 is 7.58. The number of methoxy groups -OCH3 is 1. The Balaban J connectivity index is 1.43. The Morgan fingerprint density at radius 2 is 1.77 bits per heavy atom. The second kappa shape index (κ2) is 9.51. The van der Waals surface area contributed by atoms with Crippen molar-refractivity contribution in [2.75, 3.05) is 38.2 Å². The minimum atomic E-state index is -0.0646. The van der Waals surface area contributed by atoms with Crippen LogP contribution in [0.3, 0.4) is 0 Å². The van der Waals surface area contributed by atoms with Crippen LogP contribution < -0.4 is 14.5 Å². The standard InChI is InChI=1S/C28H32ClN5O/c1-28(2,3)25-17-26(34-27(31-25)23(18-30-34)20-8-6-5-7-9-20)33-14-12-32(13-15-33)19-21-16-22(29)10-11-24(21)35-4/h5-11,16-18H,12-15,19H2,1-4H3/p+1. The van der Waals surface area contributed by atoms with Crippen LogP contribution in [0.4, 0.5) is 5.82 Å². The van der Waals surface area contributed by atoms with Crippen molar-refractivity contribution in [1.29, 1.82) is 0 Å². The molecule has 0 spiro atoms. The van der Waals surface area contributed by atoms with E-state index in [1.807, 2.05) is 35.0 Å². The molecule has 0 atom stereocenters. The van der Waals surface area contributed by atoms with E-state index in [9.17, 15) is 0 Å². The van der Waals surface area contributed by atoms with Crippen molar-refractivity contribution in [3.05, 3.63) is 77.1 Å². The van der Waals surface area contributed by atoms with Gasteiger partial charge in [0, 0.05) is 27.6 Å². The average molecular weight is 491 g/mol. The topological polar surface area (TPSA) is 47.1 Å². The molecule has 2 aromatic heterocycles. The fourth-order valence-electron chi connectivity index (χ4n) is 4.76. The number of ether oxygens (including phenoxy) is 1. The number of benzene rings is 2. The lowest BCUT2D eigenvalue weighted by Gasteiger charge is -2.34. The summed E-state index contributed by atoms with van der Waals surface area (Å²) in [6.07, 6.45) is 1.94. The van der Waals surface area contributed by atoms with Crippen molar-refractivity contribution in [2.24, 2.45) is 0 Å². The van der Waals surface area contributed by atoms with Crippen molar-refractivity contribution in [3.63, 3.8) is 0 Å². The third kappa shape index (κ3) is 4.86. The smallest absolute Gasteiger partial charge is 0.165 e. The highest BCUT2D eigenvalue weighted by Gasteiger charge is 2.27. The molecule has 7 heteroatoms. The van der Waals surface area contributed by atoms with Crippen LogP contribution in [0, 0.1) is 0 Å². The zero-order valence-corrected chi connectivity index (χ0v) is 21.6. The SMILES string of the molecule is COc1ccc(Cl)cc1C[NH+]1CCN(c2cc(C(C)(C)C)nc3c(-c4ccccc4)cnn23)CC1. The minimum absolute atomic E-state index is 0.0646. The molecule has 1 aliphatic rings. The van der Waals surface area contributed by atoms with Crippen molar-refractivity contribution >= 4 is 23.1 Å². The average Bonchev–Trinajstić information content (AvgIpc) is 3.28. The van der Waals surface area contributed by atoms with Gasteiger partial charge in [-0.15, -0.1) is 0 Å². The highest BCUT2D eigenvalue weighted by molar-refractivity contribution is 6.30. The number of quaternary nitrogens is 1. The van der Waals surface area contributed by atoms with Crippen LogP contribution >= 0.6 is 11.6 Å². The fourth-order valence-corrected chi connectivity index (χ4v) is 4.96. The minimum Gasteiger partial charge on any atom is -0.496 e. The van der Waals surface area contributed by atoms with Gasteiger partial charge >= 0.3 is 0 Å². The van der Waals surface area contributed by atoms with Crippen molar-refractivity contribution in [1.82, 2.24) is 14.6 Å². The maximum absolute atomic E-state index is 6.26. The molecule has 1 fully saturated rings. The molecule has 0 unspecified atom stereocenters. The van der Waals surface area contributed by atoms with E-state index in [1.54, 1.807) is 7.11 Å². The van der Waals surface area contributed by atoms with E-state index in [2.05, 4.69) is 56.0 Å². The monoisotopic (exact) mass is 490 g/mol. The number of fused-ring (bicyclic) bond motifs is 1. The van der Waals surface area contributed by atoms with Crippen molar-refractivity contribution < 1.29 is 9.64 Å². The summed E-state index contributed by atoms with van der Waals surface area (Å²) in [5.74, 6) is 2.02. The van der Waals surface area contributed by atoms with E-state index in [0.717, 1.165) is 77.3 Å². The number of hydrogen-bond acceptors (Lipinski definition) is 4. The van der Waals surface area contributed by atoms with Crippen LogP contribution in [0.2, 0.25) is 5.02 Å². The van der Waals surface area contributed by atoms with E-state index in [4.69, 9.17) is 26.4 Å². The molecule has 0 radical (unpaired) electrons. The summed E-state index contributed by atoms with van der Waals surface area (Å²) in [6.45, 7) is 11.5. The fraction of sp³-hybridized carbons (Fsp3) is 0.357. The molecule has 0 bridgehead atoms. The number of piperazine rings is 1. The highest BCUT2D eigenvalue weighted by Crippen LogP contribution is 2.31. The molecule has 0 saturated carbocycles. The molecular formula is C28H33ClN5O+. The Labute approximate surface area is 212 Å². The molecule has 1 aliphatic heterocycles. The van der Waals surface area contributed by atoms with Crippen LogP contribution in [0.5, 0.6) is 5.75 Å². The third-order valence-corrected chi connectivity index (χ3v) is 7.02. The van der Waals surface area contributed by atoms with Gasteiger partial charge in [0.2, 0.25) is 0 Å². The number of anilines is 1. The van der Waals surface area contributed by atoms with Gasteiger partial charge in [-0.25, -0.2) is 4.98 Å². The van der Waals surface area contributed by atoms with Gasteiger partial charge in [0.15, 0.2) is 5.65 Å². The third-order valence-electron chi connectivity index (χ3n) is 6.78.